The zero-order valence-corrected chi connectivity index (χ0v) is 46.3. The summed E-state index contributed by atoms with van der Waals surface area (Å²) in [6.45, 7) is 25.2. The molecule has 0 saturated carbocycles. The van der Waals surface area contributed by atoms with Crippen LogP contribution in [0.25, 0.3) is 10.9 Å². The number of carbonyl (C=O) groups excluding carboxylic acids is 1. The summed E-state index contributed by atoms with van der Waals surface area (Å²) in [6.07, 6.45) is -3.64. The summed E-state index contributed by atoms with van der Waals surface area (Å²) >= 11 is 0. The van der Waals surface area contributed by atoms with Crippen LogP contribution in [0.5, 0.6) is 5.75 Å². The van der Waals surface area contributed by atoms with E-state index >= 15 is 0 Å². The number of carbonyl (C=O) groups is 1. The highest BCUT2D eigenvalue weighted by Crippen LogP contribution is 2.39. The minimum atomic E-state index is -4.47. The van der Waals surface area contributed by atoms with Gasteiger partial charge in [-0.2, -0.15) is 13.2 Å². The van der Waals surface area contributed by atoms with Gasteiger partial charge in [-0.1, -0.05) is 120 Å². The number of aromatic nitrogens is 1. The molecule has 5 aromatic rings. The zero-order chi connectivity index (χ0) is 52.4. The normalized spacial score (nSPS) is 16.0. The molecule has 0 spiro atoms. The first-order valence-corrected chi connectivity index (χ1v) is 30.0. The first-order chi connectivity index (χ1) is 33.9. The predicted molar refractivity (Wildman–Crippen MR) is 291 cm³/mol. The molecule has 390 valence electrons. The van der Waals surface area contributed by atoms with Gasteiger partial charge in [-0.05, 0) is 109 Å². The molecular formula is C57H77F3N4O6Si2. The van der Waals surface area contributed by atoms with Gasteiger partial charge in [-0.15, -0.1) is 0 Å². The topological polar surface area (TPSA) is 95.5 Å². The van der Waals surface area contributed by atoms with Crippen molar-refractivity contribution in [1.29, 1.82) is 0 Å². The van der Waals surface area contributed by atoms with Crippen molar-refractivity contribution in [2.45, 2.75) is 123 Å². The van der Waals surface area contributed by atoms with Gasteiger partial charge >= 0.3 is 12.3 Å². The Morgan fingerprint density at radius 2 is 1.38 bits per heavy atom. The molecule has 6 rings (SSSR count). The molecule has 1 amide bonds. The summed E-state index contributed by atoms with van der Waals surface area (Å²) in [5, 5.41) is 9.94. The fourth-order valence-electron chi connectivity index (χ4n) is 9.04. The number of hydrogen-bond donors (Lipinski definition) is 2. The molecule has 0 aliphatic carbocycles. The van der Waals surface area contributed by atoms with Gasteiger partial charge in [-0.3, -0.25) is 0 Å². The van der Waals surface area contributed by atoms with E-state index in [1.165, 1.54) is 14.9 Å². The molecule has 1 fully saturated rings. The van der Waals surface area contributed by atoms with Gasteiger partial charge in [-0.25, -0.2) is 4.79 Å². The van der Waals surface area contributed by atoms with E-state index in [-0.39, 0.29) is 40.4 Å². The molecule has 2 heterocycles. The maximum Gasteiger partial charge on any atom is 0.410 e. The Morgan fingerprint density at radius 1 is 0.750 bits per heavy atom. The molecule has 1 aromatic heterocycles. The van der Waals surface area contributed by atoms with Gasteiger partial charge in [0.1, 0.15) is 17.9 Å². The van der Waals surface area contributed by atoms with Gasteiger partial charge in [0.2, 0.25) is 8.32 Å². The summed E-state index contributed by atoms with van der Waals surface area (Å²) in [6, 6.07) is 35.7. The van der Waals surface area contributed by atoms with E-state index in [1.54, 1.807) is 23.1 Å². The minimum Gasteiger partial charge on any atom is -0.543 e. The van der Waals surface area contributed by atoms with Gasteiger partial charge < -0.3 is 43.2 Å². The number of benzene rings is 4. The van der Waals surface area contributed by atoms with Gasteiger partial charge in [0.25, 0.3) is 8.32 Å². The van der Waals surface area contributed by atoms with Gasteiger partial charge in [0.05, 0.1) is 44.2 Å². The molecule has 0 bridgehead atoms. The number of fused-ring (bicyclic) bond motifs is 1. The largest absolute Gasteiger partial charge is 0.543 e. The van der Waals surface area contributed by atoms with Crippen molar-refractivity contribution in [3.8, 4) is 17.6 Å². The van der Waals surface area contributed by atoms with Crippen molar-refractivity contribution in [3.05, 3.63) is 115 Å². The van der Waals surface area contributed by atoms with E-state index in [0.717, 1.165) is 11.4 Å². The summed E-state index contributed by atoms with van der Waals surface area (Å²) in [7, 11) is -4.74. The molecule has 0 radical (unpaired) electrons. The Bertz CT molecular complexity index is 2560. The quantitative estimate of drug-likeness (QED) is 0.0480. The van der Waals surface area contributed by atoms with Crippen molar-refractivity contribution in [1.82, 2.24) is 9.47 Å². The fraction of sp³-hybridized carbons (Fsp3) is 0.491. The third-order valence-corrected chi connectivity index (χ3v) is 23.0. The van der Waals surface area contributed by atoms with E-state index in [9.17, 15) is 18.0 Å². The van der Waals surface area contributed by atoms with Crippen molar-refractivity contribution < 1.29 is 41.0 Å². The molecule has 72 heavy (non-hydrogen) atoms. The molecule has 1 saturated heterocycles. The monoisotopic (exact) mass is 1030 g/mol. The van der Waals surface area contributed by atoms with E-state index in [4.69, 9.17) is 23.1 Å². The van der Waals surface area contributed by atoms with E-state index in [1.807, 2.05) is 63.2 Å². The number of alkyl halides is 3. The Hall–Kier alpha value is -5.25. The Labute approximate surface area is 428 Å². The number of halogens is 3. The Balaban J connectivity index is 1.11. The van der Waals surface area contributed by atoms with Crippen molar-refractivity contribution in [3.63, 3.8) is 0 Å². The lowest BCUT2D eigenvalue weighted by Gasteiger charge is -2.43. The lowest BCUT2D eigenvalue weighted by Crippen LogP contribution is -2.66. The minimum absolute atomic E-state index is 0.0336. The van der Waals surface area contributed by atoms with E-state index < -0.39 is 35.0 Å². The number of likely N-dealkylation sites (tertiary alicyclic amines) is 1. The molecule has 10 nitrogen and oxygen atoms in total. The highest BCUT2D eigenvalue weighted by atomic mass is 28.4. The summed E-state index contributed by atoms with van der Waals surface area (Å²) < 4.78 is 75.2. The Kier molecular flexibility index (Phi) is 18.5. The van der Waals surface area contributed by atoms with Crippen LogP contribution < -0.4 is 25.4 Å². The molecule has 15 heteroatoms. The van der Waals surface area contributed by atoms with Crippen LogP contribution in [0.15, 0.2) is 109 Å². The van der Waals surface area contributed by atoms with Crippen LogP contribution in [0, 0.1) is 17.8 Å². The fourth-order valence-corrected chi connectivity index (χ4v) is 14.6. The molecule has 1 aliphatic heterocycles. The van der Waals surface area contributed by atoms with Crippen LogP contribution in [0.4, 0.5) is 29.3 Å². The summed E-state index contributed by atoms with van der Waals surface area (Å²) in [5.74, 6) is 6.80. The number of hydrogen-bond acceptors (Lipinski definition) is 8. The molecule has 2 unspecified atom stereocenters. The maximum absolute atomic E-state index is 14.2. The van der Waals surface area contributed by atoms with Crippen LogP contribution in [0.2, 0.25) is 23.2 Å². The highest BCUT2D eigenvalue weighted by Gasteiger charge is 2.50. The van der Waals surface area contributed by atoms with Crippen LogP contribution >= 0.6 is 0 Å². The number of piperidine rings is 1. The third-order valence-electron chi connectivity index (χ3n) is 13.6. The first kappa shape index (κ1) is 56.1. The van der Waals surface area contributed by atoms with Gasteiger partial charge in [0.15, 0.2) is 0 Å². The molecule has 2 atom stereocenters. The second kappa shape index (κ2) is 23.7. The second-order valence-corrected chi connectivity index (χ2v) is 31.3. The van der Waals surface area contributed by atoms with E-state index in [0.29, 0.717) is 75.6 Å². The number of amides is 1. The lowest BCUT2D eigenvalue weighted by molar-refractivity contribution is -0.140. The SMILES string of the molecule is CC(C)(C)OC(=O)N1CCC(Nc2cccc3c2cc(C#CCNc2cccc(O[Si](C)(C)C(C)(C)C)c2)n3CC(F)(F)F)C(CCOCCOCCO[Si](c2ccccc2)(c2ccccc2)C(C)(C)C)C1. The first-order valence-electron chi connectivity index (χ1n) is 25.2. The summed E-state index contributed by atoms with van der Waals surface area (Å²) in [5.41, 5.74) is 1.53. The number of rotatable bonds is 19. The number of anilines is 2. The standard InChI is InChI=1S/C57H77F3N4O6Si2/c1-54(2,3)69-53(65)63-33-30-50(43(41-63)31-34-66-35-36-67-37-38-68-72(56(7,8)9,47-24-14-12-15-25-47)48-26-16-13-17-27-48)62-51-28-19-29-52-49(51)40-45(64(52)42-57(58,59)60)22-20-32-61-44-21-18-23-46(39-44)70-71(10,11)55(4,5)6/h12-19,21,23-29,39-40,43,50,61-62H,30-38,41-42H2,1-11H3. The molecule has 4 aromatic carbocycles. The molecule has 2 N–H and O–H groups in total. The maximum atomic E-state index is 14.2. The average molecular weight is 1030 g/mol. The van der Waals surface area contributed by atoms with Crippen molar-refractivity contribution in [2.75, 3.05) is 63.3 Å². The van der Waals surface area contributed by atoms with Crippen LogP contribution in [-0.2, 0) is 25.2 Å². The van der Waals surface area contributed by atoms with Crippen LogP contribution in [0.3, 0.4) is 0 Å². The second-order valence-electron chi connectivity index (χ2n) is 22.3. The zero-order valence-electron chi connectivity index (χ0n) is 44.3. The summed E-state index contributed by atoms with van der Waals surface area (Å²) in [4.78, 5) is 15.1. The lowest BCUT2D eigenvalue weighted by atomic mass is 9.89. The Morgan fingerprint density at radius 3 is 1.99 bits per heavy atom. The predicted octanol–water partition coefficient (Wildman–Crippen LogP) is 12.1. The smallest absolute Gasteiger partial charge is 0.410 e. The number of ether oxygens (including phenoxy) is 3. The number of nitrogens with zero attached hydrogens (tertiary/aromatic N) is 2. The highest BCUT2D eigenvalue weighted by molar-refractivity contribution is 6.99. The average Bonchev–Trinajstić information content (AvgIpc) is 3.64. The molecular weight excluding hydrogens is 950 g/mol. The van der Waals surface area contributed by atoms with Crippen LogP contribution in [0.1, 0.15) is 80.8 Å². The van der Waals surface area contributed by atoms with Gasteiger partial charge in [0, 0.05) is 48.6 Å². The van der Waals surface area contributed by atoms with Crippen LogP contribution in [-0.4, -0.2) is 103 Å². The number of nitrogens with one attached hydrogen (secondary N) is 2. The van der Waals surface area contributed by atoms with Crippen molar-refractivity contribution in [2.24, 2.45) is 5.92 Å². The van der Waals surface area contributed by atoms with E-state index in [2.05, 4.69) is 126 Å². The molecule has 1 aliphatic rings. The third kappa shape index (κ3) is 14.9. The van der Waals surface area contributed by atoms with Crippen molar-refractivity contribution >= 4 is 55.4 Å².